The van der Waals surface area contributed by atoms with Crippen LogP contribution in [0.15, 0.2) is 54.9 Å². The first-order chi connectivity index (χ1) is 14.0. The fraction of sp³-hybridized carbons (Fsp3) is 0.250. The second-order valence-electron chi connectivity index (χ2n) is 6.84. The monoisotopic (exact) mass is 411 g/mol. The van der Waals surface area contributed by atoms with Crippen molar-refractivity contribution >= 4 is 21.6 Å². The summed E-state index contributed by atoms with van der Waals surface area (Å²) < 4.78 is 23.0. The maximum atomic E-state index is 12.5. The molecule has 2 N–H and O–H groups in total. The topological polar surface area (TPSA) is 108 Å². The van der Waals surface area contributed by atoms with Gasteiger partial charge in [-0.25, -0.2) is 18.4 Å². The number of nitrogens with one attached hydrogen (secondary N) is 2. The highest BCUT2D eigenvalue weighted by Crippen LogP contribution is 2.17. The number of amides is 1. The third-order valence-electron chi connectivity index (χ3n) is 4.79. The van der Waals surface area contributed by atoms with Crippen LogP contribution in [-0.4, -0.2) is 58.8 Å². The third-order valence-corrected chi connectivity index (χ3v) is 6.40. The van der Waals surface area contributed by atoms with E-state index in [1.807, 2.05) is 30.3 Å². The molecular formula is C20H21N5O3S. The molecule has 0 radical (unpaired) electrons. The number of carbonyl (C=O) groups excluding carboxylic acids is 1. The molecule has 29 heavy (non-hydrogen) atoms. The van der Waals surface area contributed by atoms with Crippen molar-refractivity contribution < 1.29 is 13.2 Å². The number of nitrogens with zero attached hydrogens (tertiary/aromatic N) is 3. The minimum Gasteiger partial charge on any atom is -0.363 e. The number of pyridine rings is 1. The number of hydrogen-bond donors (Lipinski definition) is 2. The van der Waals surface area contributed by atoms with E-state index >= 15 is 0 Å². The Balaban J connectivity index is 1.34. The summed E-state index contributed by atoms with van der Waals surface area (Å²) in [7, 11) is -3.02. The van der Waals surface area contributed by atoms with E-state index in [0.29, 0.717) is 17.9 Å². The molecule has 4 rings (SSSR count). The largest absolute Gasteiger partial charge is 0.363 e. The molecule has 1 fully saturated rings. The van der Waals surface area contributed by atoms with Gasteiger partial charge in [0.15, 0.2) is 9.84 Å². The second kappa shape index (κ2) is 8.04. The molecule has 0 spiro atoms. The van der Waals surface area contributed by atoms with Gasteiger partial charge in [0.25, 0.3) is 5.91 Å². The summed E-state index contributed by atoms with van der Waals surface area (Å²) in [6.45, 7) is 0.921. The number of anilines is 1. The Morgan fingerprint density at radius 1 is 1.03 bits per heavy atom. The van der Waals surface area contributed by atoms with Crippen molar-refractivity contribution in [2.24, 2.45) is 0 Å². The van der Waals surface area contributed by atoms with Gasteiger partial charge in [-0.1, -0.05) is 30.3 Å². The predicted molar refractivity (Wildman–Crippen MR) is 110 cm³/mol. The Morgan fingerprint density at radius 2 is 1.79 bits per heavy atom. The number of aromatic amines is 1. The van der Waals surface area contributed by atoms with Crippen molar-refractivity contribution in [1.29, 1.82) is 0 Å². The van der Waals surface area contributed by atoms with E-state index in [0.717, 1.165) is 17.1 Å². The molecule has 1 amide bonds. The number of imidazole rings is 1. The van der Waals surface area contributed by atoms with E-state index in [-0.39, 0.29) is 30.5 Å². The van der Waals surface area contributed by atoms with Crippen LogP contribution in [0.25, 0.3) is 11.3 Å². The molecule has 1 saturated heterocycles. The minimum atomic E-state index is -3.02. The van der Waals surface area contributed by atoms with E-state index in [1.54, 1.807) is 23.2 Å². The zero-order chi connectivity index (χ0) is 20.3. The highest BCUT2D eigenvalue weighted by Gasteiger charge is 2.25. The zero-order valence-corrected chi connectivity index (χ0v) is 16.5. The normalized spacial score (nSPS) is 15.8. The van der Waals surface area contributed by atoms with Gasteiger partial charge in [-0.15, -0.1) is 0 Å². The Kier molecular flexibility index (Phi) is 5.30. The van der Waals surface area contributed by atoms with E-state index in [2.05, 4.69) is 20.3 Å². The molecule has 8 nitrogen and oxygen atoms in total. The van der Waals surface area contributed by atoms with Crippen molar-refractivity contribution in [3.63, 3.8) is 0 Å². The van der Waals surface area contributed by atoms with E-state index < -0.39 is 9.84 Å². The average molecular weight is 411 g/mol. The fourth-order valence-electron chi connectivity index (χ4n) is 3.11. The number of H-pyrrole nitrogens is 1. The van der Waals surface area contributed by atoms with Crippen molar-refractivity contribution in [1.82, 2.24) is 19.9 Å². The first-order valence-corrected chi connectivity index (χ1v) is 11.1. The zero-order valence-electron chi connectivity index (χ0n) is 15.7. The highest BCUT2D eigenvalue weighted by molar-refractivity contribution is 7.91. The number of rotatable bonds is 5. The molecule has 1 aliphatic rings. The van der Waals surface area contributed by atoms with Gasteiger partial charge in [0, 0.05) is 19.3 Å². The Labute approximate surface area is 168 Å². The first kappa shape index (κ1) is 19.1. The SMILES string of the molecule is O=C(c1ccc(NCc2ncc(-c3ccccc3)[nH]2)nc1)N1CCS(=O)(=O)CC1. The fourth-order valence-corrected chi connectivity index (χ4v) is 4.32. The van der Waals surface area contributed by atoms with Crippen LogP contribution < -0.4 is 5.32 Å². The first-order valence-electron chi connectivity index (χ1n) is 9.29. The summed E-state index contributed by atoms with van der Waals surface area (Å²) >= 11 is 0. The van der Waals surface area contributed by atoms with Crippen molar-refractivity contribution in [2.45, 2.75) is 6.54 Å². The quantitative estimate of drug-likeness (QED) is 0.664. The van der Waals surface area contributed by atoms with E-state index in [9.17, 15) is 13.2 Å². The maximum Gasteiger partial charge on any atom is 0.255 e. The molecule has 2 aromatic heterocycles. The third kappa shape index (κ3) is 4.62. The Morgan fingerprint density at radius 3 is 2.48 bits per heavy atom. The molecule has 3 aromatic rings. The number of benzene rings is 1. The number of sulfone groups is 1. The van der Waals surface area contributed by atoms with Crippen LogP contribution in [0.1, 0.15) is 16.2 Å². The lowest BCUT2D eigenvalue weighted by Gasteiger charge is -2.26. The minimum absolute atomic E-state index is 0.0138. The molecule has 3 heterocycles. The molecule has 1 aromatic carbocycles. The molecule has 1 aliphatic heterocycles. The summed E-state index contributed by atoms with van der Waals surface area (Å²) in [6, 6.07) is 13.4. The smallest absolute Gasteiger partial charge is 0.255 e. The van der Waals surface area contributed by atoms with Gasteiger partial charge >= 0.3 is 0 Å². The number of aromatic nitrogens is 3. The summed E-state index contributed by atoms with van der Waals surface area (Å²) in [5, 5.41) is 3.17. The highest BCUT2D eigenvalue weighted by atomic mass is 32.2. The standard InChI is InChI=1S/C20H21N5O3S/c26-20(25-8-10-29(27,28)11-9-25)16-6-7-18(21-12-16)23-14-19-22-13-17(24-19)15-4-2-1-3-5-15/h1-7,12-13H,8-11,14H2,(H,21,23)(H,22,24). The van der Waals surface area contributed by atoms with Gasteiger partial charge < -0.3 is 15.2 Å². The van der Waals surface area contributed by atoms with E-state index in [1.165, 1.54) is 6.20 Å². The molecule has 150 valence electrons. The van der Waals surface area contributed by atoms with Gasteiger partial charge in [0.1, 0.15) is 11.6 Å². The van der Waals surface area contributed by atoms with Crippen molar-refractivity contribution in [3.05, 3.63) is 66.2 Å². The molecule has 0 aliphatic carbocycles. The molecule has 0 bridgehead atoms. The lowest BCUT2D eigenvalue weighted by molar-refractivity contribution is 0.0770. The van der Waals surface area contributed by atoms with E-state index in [4.69, 9.17) is 0 Å². The van der Waals surface area contributed by atoms with Crippen LogP contribution in [-0.2, 0) is 16.4 Å². The molecule has 0 saturated carbocycles. The molecule has 0 unspecified atom stereocenters. The van der Waals surface area contributed by atoms with Crippen LogP contribution in [0.2, 0.25) is 0 Å². The van der Waals surface area contributed by atoms with Crippen molar-refractivity contribution in [2.75, 3.05) is 29.9 Å². The Bertz CT molecular complexity index is 1080. The molecule has 9 heteroatoms. The molecule has 0 atom stereocenters. The lowest BCUT2D eigenvalue weighted by Crippen LogP contribution is -2.43. The average Bonchev–Trinajstić information content (AvgIpc) is 3.22. The number of carbonyl (C=O) groups is 1. The summed E-state index contributed by atoms with van der Waals surface area (Å²) in [5.74, 6) is 1.23. The van der Waals surface area contributed by atoms with Crippen LogP contribution in [0.3, 0.4) is 0 Å². The Hall–Kier alpha value is -3.20. The summed E-state index contributed by atoms with van der Waals surface area (Å²) in [6.07, 6.45) is 3.30. The van der Waals surface area contributed by atoms with Gasteiger partial charge in [-0.05, 0) is 17.7 Å². The van der Waals surface area contributed by atoms with Gasteiger partial charge in [0.05, 0.1) is 35.5 Å². The molecular weight excluding hydrogens is 390 g/mol. The van der Waals surface area contributed by atoms with Crippen LogP contribution >= 0.6 is 0 Å². The predicted octanol–water partition coefficient (Wildman–Crippen LogP) is 1.95. The van der Waals surface area contributed by atoms with Crippen LogP contribution in [0, 0.1) is 0 Å². The lowest BCUT2D eigenvalue weighted by atomic mass is 10.2. The maximum absolute atomic E-state index is 12.5. The van der Waals surface area contributed by atoms with Crippen LogP contribution in [0.4, 0.5) is 5.82 Å². The van der Waals surface area contributed by atoms with Gasteiger partial charge in [-0.3, -0.25) is 4.79 Å². The van der Waals surface area contributed by atoms with Crippen molar-refractivity contribution in [3.8, 4) is 11.3 Å². The van der Waals surface area contributed by atoms with Crippen LogP contribution in [0.5, 0.6) is 0 Å². The second-order valence-corrected chi connectivity index (χ2v) is 9.14. The number of hydrogen-bond acceptors (Lipinski definition) is 6. The summed E-state index contributed by atoms with van der Waals surface area (Å²) in [4.78, 5) is 26.0. The van der Waals surface area contributed by atoms with Gasteiger partial charge in [0.2, 0.25) is 0 Å². The van der Waals surface area contributed by atoms with Gasteiger partial charge in [-0.2, -0.15) is 0 Å². The summed E-state index contributed by atoms with van der Waals surface area (Å²) in [5.41, 5.74) is 2.46.